The predicted octanol–water partition coefficient (Wildman–Crippen LogP) is 5.14. The lowest BCUT2D eigenvalue weighted by molar-refractivity contribution is -0.139. The van der Waals surface area contributed by atoms with E-state index in [1.807, 2.05) is 65.0 Å². The molecule has 3 aromatic rings. The Labute approximate surface area is 232 Å². The summed E-state index contributed by atoms with van der Waals surface area (Å²) >= 11 is 0. The average Bonchev–Trinajstić information content (AvgIpc) is 2.90. The summed E-state index contributed by atoms with van der Waals surface area (Å²) in [6.45, 7) is 11.0. The standard InChI is InChI=1S/C31H39N3O4S/c1-7-25(5)32-31(36)26(6)33(20-27-15-13-22(2)14-16-27)30(35)21-34(28-18-23(3)17-24(4)19-28)39(37,38)29-11-9-8-10-12-29/h8-19,25-26H,7,20-21H2,1-6H3,(H,32,36)/t25-,26+/m1/s1. The third kappa shape index (κ3) is 7.69. The van der Waals surface area contributed by atoms with Crippen LogP contribution in [0.25, 0.3) is 0 Å². The fourth-order valence-electron chi connectivity index (χ4n) is 4.28. The molecule has 0 saturated heterocycles. The number of nitrogens with one attached hydrogen (secondary N) is 1. The van der Waals surface area contributed by atoms with Gasteiger partial charge < -0.3 is 10.2 Å². The molecule has 1 N–H and O–H groups in total. The number of sulfonamides is 1. The van der Waals surface area contributed by atoms with E-state index in [2.05, 4.69) is 5.32 Å². The highest BCUT2D eigenvalue weighted by molar-refractivity contribution is 7.92. The van der Waals surface area contributed by atoms with Crippen LogP contribution in [-0.4, -0.2) is 43.8 Å². The fraction of sp³-hybridized carbons (Fsp3) is 0.355. The minimum atomic E-state index is -4.08. The van der Waals surface area contributed by atoms with Gasteiger partial charge in [-0.2, -0.15) is 0 Å². The highest BCUT2D eigenvalue weighted by Crippen LogP contribution is 2.26. The predicted molar refractivity (Wildman–Crippen MR) is 156 cm³/mol. The summed E-state index contributed by atoms with van der Waals surface area (Å²) in [6, 6.07) is 20.4. The smallest absolute Gasteiger partial charge is 0.264 e. The van der Waals surface area contributed by atoms with E-state index in [1.54, 1.807) is 37.3 Å². The van der Waals surface area contributed by atoms with Gasteiger partial charge in [0, 0.05) is 12.6 Å². The van der Waals surface area contributed by atoms with Gasteiger partial charge in [-0.15, -0.1) is 0 Å². The van der Waals surface area contributed by atoms with Crippen molar-refractivity contribution in [1.82, 2.24) is 10.2 Å². The van der Waals surface area contributed by atoms with Crippen LogP contribution in [0.2, 0.25) is 0 Å². The van der Waals surface area contributed by atoms with Gasteiger partial charge in [-0.05, 0) is 82.0 Å². The molecule has 2 amide bonds. The Kier molecular flexibility index (Phi) is 9.92. The maximum absolute atomic E-state index is 14.0. The first-order valence-electron chi connectivity index (χ1n) is 13.2. The Bertz CT molecular complexity index is 1370. The van der Waals surface area contributed by atoms with Gasteiger partial charge in [0.1, 0.15) is 12.6 Å². The van der Waals surface area contributed by atoms with Crippen LogP contribution in [0.5, 0.6) is 0 Å². The molecule has 0 unspecified atom stereocenters. The molecule has 208 valence electrons. The normalized spacial score (nSPS) is 12.9. The van der Waals surface area contributed by atoms with E-state index in [1.165, 1.54) is 17.0 Å². The number of rotatable bonds is 11. The number of amides is 2. The van der Waals surface area contributed by atoms with Crippen molar-refractivity contribution in [3.8, 4) is 0 Å². The highest BCUT2D eigenvalue weighted by Gasteiger charge is 2.32. The molecule has 0 saturated carbocycles. The van der Waals surface area contributed by atoms with Crippen molar-refractivity contribution in [2.45, 2.75) is 71.5 Å². The molecule has 0 aliphatic carbocycles. The van der Waals surface area contributed by atoms with E-state index in [0.717, 1.165) is 33.0 Å². The second kappa shape index (κ2) is 12.9. The summed E-state index contributed by atoms with van der Waals surface area (Å²) in [7, 11) is -4.08. The topological polar surface area (TPSA) is 86.8 Å². The average molecular weight is 550 g/mol. The molecule has 0 aliphatic heterocycles. The number of hydrogen-bond acceptors (Lipinski definition) is 4. The van der Waals surface area contributed by atoms with Crippen LogP contribution in [0.4, 0.5) is 5.69 Å². The lowest BCUT2D eigenvalue weighted by atomic mass is 10.1. The minimum Gasteiger partial charge on any atom is -0.352 e. The summed E-state index contributed by atoms with van der Waals surface area (Å²) in [6.07, 6.45) is 0.750. The van der Waals surface area contributed by atoms with Crippen molar-refractivity contribution in [1.29, 1.82) is 0 Å². The first-order valence-corrected chi connectivity index (χ1v) is 14.7. The van der Waals surface area contributed by atoms with Crippen LogP contribution >= 0.6 is 0 Å². The molecule has 0 aliphatic rings. The maximum Gasteiger partial charge on any atom is 0.264 e. The maximum atomic E-state index is 14.0. The van der Waals surface area contributed by atoms with Crippen LogP contribution in [-0.2, 0) is 26.2 Å². The Morgan fingerprint density at radius 2 is 1.44 bits per heavy atom. The SMILES string of the molecule is CC[C@@H](C)NC(=O)[C@H](C)N(Cc1ccc(C)cc1)C(=O)CN(c1cc(C)cc(C)c1)S(=O)(=O)c1ccccc1. The van der Waals surface area contributed by atoms with Crippen LogP contribution in [0.3, 0.4) is 0 Å². The molecule has 0 fully saturated rings. The molecule has 7 nitrogen and oxygen atoms in total. The van der Waals surface area contributed by atoms with Crippen molar-refractivity contribution < 1.29 is 18.0 Å². The third-order valence-electron chi connectivity index (χ3n) is 6.75. The van der Waals surface area contributed by atoms with Gasteiger partial charge in [0.05, 0.1) is 10.6 Å². The van der Waals surface area contributed by atoms with Crippen LogP contribution in [0.15, 0.2) is 77.7 Å². The molecule has 0 aromatic heterocycles. The van der Waals surface area contributed by atoms with Crippen molar-refractivity contribution in [2.75, 3.05) is 10.8 Å². The molecule has 0 heterocycles. The highest BCUT2D eigenvalue weighted by atomic mass is 32.2. The second-order valence-corrected chi connectivity index (χ2v) is 12.0. The number of benzene rings is 3. The summed E-state index contributed by atoms with van der Waals surface area (Å²) < 4.78 is 28.9. The van der Waals surface area contributed by atoms with Crippen LogP contribution < -0.4 is 9.62 Å². The molecule has 8 heteroatoms. The Morgan fingerprint density at radius 1 is 0.846 bits per heavy atom. The van der Waals surface area contributed by atoms with Crippen molar-refractivity contribution in [3.63, 3.8) is 0 Å². The second-order valence-electron chi connectivity index (χ2n) is 10.2. The Hall–Kier alpha value is -3.65. The molecule has 0 bridgehead atoms. The number of carbonyl (C=O) groups excluding carboxylic acids is 2. The van der Waals surface area contributed by atoms with Crippen LogP contribution in [0.1, 0.15) is 49.4 Å². The fourth-order valence-corrected chi connectivity index (χ4v) is 5.70. The van der Waals surface area contributed by atoms with Gasteiger partial charge in [0.15, 0.2) is 0 Å². The first-order chi connectivity index (χ1) is 18.4. The molecule has 3 aromatic carbocycles. The lowest BCUT2D eigenvalue weighted by Crippen LogP contribution is -2.52. The molecule has 0 spiro atoms. The number of nitrogens with zero attached hydrogens (tertiary/aromatic N) is 2. The van der Waals surface area contributed by atoms with Gasteiger partial charge >= 0.3 is 0 Å². The van der Waals surface area contributed by atoms with E-state index >= 15 is 0 Å². The first kappa shape index (κ1) is 29.9. The molecule has 0 radical (unpaired) electrons. The quantitative estimate of drug-likeness (QED) is 0.359. The summed E-state index contributed by atoms with van der Waals surface area (Å²) in [5, 5.41) is 2.95. The molecule has 3 rings (SSSR count). The number of hydrogen-bond donors (Lipinski definition) is 1. The van der Waals surface area contributed by atoms with Crippen molar-refractivity contribution >= 4 is 27.5 Å². The van der Waals surface area contributed by atoms with Gasteiger partial charge in [0.25, 0.3) is 10.0 Å². The Balaban J connectivity index is 2.04. The number of anilines is 1. The minimum absolute atomic E-state index is 0.0542. The van der Waals surface area contributed by atoms with Crippen molar-refractivity contribution in [2.24, 2.45) is 0 Å². The summed E-state index contributed by atoms with van der Waals surface area (Å²) in [5.74, 6) is -0.755. The molecule has 2 atom stereocenters. The van der Waals surface area contributed by atoms with Gasteiger partial charge in [-0.3, -0.25) is 13.9 Å². The number of aryl methyl sites for hydroxylation is 3. The van der Waals surface area contributed by atoms with Crippen LogP contribution in [0, 0.1) is 20.8 Å². The Morgan fingerprint density at radius 3 is 2.00 bits per heavy atom. The monoisotopic (exact) mass is 549 g/mol. The lowest BCUT2D eigenvalue weighted by Gasteiger charge is -2.32. The summed E-state index contributed by atoms with van der Waals surface area (Å²) in [4.78, 5) is 28.7. The molecular weight excluding hydrogens is 510 g/mol. The largest absolute Gasteiger partial charge is 0.352 e. The third-order valence-corrected chi connectivity index (χ3v) is 8.53. The zero-order valence-electron chi connectivity index (χ0n) is 23.6. The van der Waals surface area contributed by atoms with Crippen molar-refractivity contribution in [3.05, 3.63) is 95.1 Å². The molecule has 39 heavy (non-hydrogen) atoms. The number of carbonyl (C=O) groups is 2. The van der Waals surface area contributed by atoms with E-state index in [4.69, 9.17) is 0 Å². The summed E-state index contributed by atoms with van der Waals surface area (Å²) in [5.41, 5.74) is 4.08. The van der Waals surface area contributed by atoms with Gasteiger partial charge in [-0.25, -0.2) is 8.42 Å². The van der Waals surface area contributed by atoms with E-state index in [0.29, 0.717) is 5.69 Å². The molecular formula is C31H39N3O4S. The van der Waals surface area contributed by atoms with Gasteiger partial charge in [-0.1, -0.05) is 61.0 Å². The van der Waals surface area contributed by atoms with E-state index in [9.17, 15) is 18.0 Å². The van der Waals surface area contributed by atoms with E-state index < -0.39 is 28.5 Å². The zero-order valence-corrected chi connectivity index (χ0v) is 24.5. The zero-order chi connectivity index (χ0) is 28.7. The van der Waals surface area contributed by atoms with Gasteiger partial charge in [0.2, 0.25) is 11.8 Å². The van der Waals surface area contributed by atoms with E-state index in [-0.39, 0.29) is 23.4 Å².